The van der Waals surface area contributed by atoms with Crippen LogP contribution in [0.4, 0.5) is 5.69 Å². The van der Waals surface area contributed by atoms with Crippen LogP contribution in [-0.4, -0.2) is 60.0 Å². The lowest BCUT2D eigenvalue weighted by atomic mass is 9.92. The Bertz CT molecular complexity index is 1950. The van der Waals surface area contributed by atoms with Crippen LogP contribution in [0.5, 0.6) is 5.75 Å². The van der Waals surface area contributed by atoms with E-state index in [4.69, 9.17) is 44.1 Å². The van der Waals surface area contributed by atoms with Gasteiger partial charge in [0.15, 0.2) is 0 Å². The van der Waals surface area contributed by atoms with Gasteiger partial charge in [-0.15, -0.1) is 0 Å². The molecule has 3 aromatic carbocycles. The van der Waals surface area contributed by atoms with Crippen molar-refractivity contribution in [1.29, 1.82) is 0 Å². The fourth-order valence-corrected chi connectivity index (χ4v) is 6.89. The standard InChI is InChI=1S/C33H31Cl3N4O6S/c34-26-14-28(36)30(15-27(26)35)46-10-3-8-31(41)40-19-22-13-25(22)32-24(6-2-7-29(32)40)23-16-38-39(18-23)17-20-4-1-5-21(12-20)33(42)37-9-11-47(43,44)45/h1-2,4-7,12,14-16,18,22,25H,3,8-11,13,17,19H2,(H,37,42)(H,43,44,45). The summed E-state index contributed by atoms with van der Waals surface area (Å²) in [6, 6.07) is 16.1. The number of fused-ring (bicyclic) bond motifs is 3. The Labute approximate surface area is 287 Å². The number of nitrogens with one attached hydrogen (secondary N) is 1. The van der Waals surface area contributed by atoms with E-state index in [1.54, 1.807) is 28.9 Å². The predicted octanol–water partition coefficient (Wildman–Crippen LogP) is 6.49. The summed E-state index contributed by atoms with van der Waals surface area (Å²) in [5.41, 5.74) is 5.29. The highest BCUT2D eigenvalue weighted by atomic mass is 35.5. The van der Waals surface area contributed by atoms with E-state index in [0.29, 0.717) is 70.8 Å². The number of rotatable bonds is 12. The van der Waals surface area contributed by atoms with E-state index in [1.807, 2.05) is 35.5 Å². The highest BCUT2D eigenvalue weighted by Crippen LogP contribution is 2.57. The van der Waals surface area contributed by atoms with E-state index < -0.39 is 21.8 Å². The molecule has 0 bridgehead atoms. The maximum atomic E-state index is 13.5. The van der Waals surface area contributed by atoms with Crippen molar-refractivity contribution in [2.24, 2.45) is 5.92 Å². The first-order valence-corrected chi connectivity index (χ1v) is 17.8. The normalized spacial score (nSPS) is 16.7. The molecule has 1 fully saturated rings. The molecular weight excluding hydrogens is 687 g/mol. The molecule has 0 spiro atoms. The molecule has 2 unspecified atom stereocenters. The first kappa shape index (κ1) is 33.3. The molecule has 2 N–H and O–H groups in total. The number of hydrogen-bond donors (Lipinski definition) is 2. The third kappa shape index (κ3) is 7.93. The smallest absolute Gasteiger partial charge is 0.266 e. The Kier molecular flexibility index (Phi) is 9.82. The van der Waals surface area contributed by atoms with Crippen LogP contribution < -0.4 is 15.0 Å². The summed E-state index contributed by atoms with van der Waals surface area (Å²) in [7, 11) is -4.16. The molecule has 6 rings (SSSR count). The Morgan fingerprint density at radius 1 is 1.04 bits per heavy atom. The second kappa shape index (κ2) is 13.9. The Morgan fingerprint density at radius 3 is 2.64 bits per heavy atom. The average Bonchev–Trinajstić information content (AvgIpc) is 3.68. The third-order valence-corrected chi connectivity index (χ3v) is 10.0. The molecule has 2 amide bonds. The zero-order valence-electron chi connectivity index (χ0n) is 25.0. The minimum absolute atomic E-state index is 0.0372. The quantitative estimate of drug-likeness (QED) is 0.0974. The topological polar surface area (TPSA) is 131 Å². The molecule has 1 saturated carbocycles. The number of nitrogens with zero attached hydrogens (tertiary/aromatic N) is 3. The van der Waals surface area contributed by atoms with Gasteiger partial charge in [0.05, 0.1) is 40.2 Å². The van der Waals surface area contributed by atoms with Crippen molar-refractivity contribution in [2.75, 3.05) is 30.3 Å². The van der Waals surface area contributed by atoms with Gasteiger partial charge in [0.2, 0.25) is 5.91 Å². The van der Waals surface area contributed by atoms with Crippen LogP contribution in [0.15, 0.2) is 67.0 Å². The minimum Gasteiger partial charge on any atom is -0.492 e. The lowest BCUT2D eigenvalue weighted by Crippen LogP contribution is -2.36. The van der Waals surface area contributed by atoms with Crippen LogP contribution in [0, 0.1) is 5.92 Å². The van der Waals surface area contributed by atoms with Crippen molar-refractivity contribution in [1.82, 2.24) is 15.1 Å². The molecule has 10 nitrogen and oxygen atoms in total. The number of anilines is 1. The highest BCUT2D eigenvalue weighted by Gasteiger charge is 2.47. The summed E-state index contributed by atoms with van der Waals surface area (Å²) in [6.07, 6.45) is 5.62. The van der Waals surface area contributed by atoms with Crippen molar-refractivity contribution < 1.29 is 27.3 Å². The number of amides is 2. The molecule has 2 aliphatic rings. The summed E-state index contributed by atoms with van der Waals surface area (Å²) in [5.74, 6) is 0.279. The molecule has 0 saturated heterocycles. The molecule has 1 aromatic heterocycles. The van der Waals surface area contributed by atoms with Gasteiger partial charge < -0.3 is 15.0 Å². The lowest BCUT2D eigenvalue weighted by molar-refractivity contribution is -0.119. The number of aromatic nitrogens is 2. The molecule has 4 aromatic rings. The Morgan fingerprint density at radius 2 is 1.83 bits per heavy atom. The fourth-order valence-electron chi connectivity index (χ4n) is 5.94. The van der Waals surface area contributed by atoms with Crippen molar-refractivity contribution in [3.63, 3.8) is 0 Å². The van der Waals surface area contributed by atoms with Gasteiger partial charge in [0, 0.05) is 48.6 Å². The van der Waals surface area contributed by atoms with Crippen molar-refractivity contribution in [2.45, 2.75) is 31.7 Å². The summed E-state index contributed by atoms with van der Waals surface area (Å²) < 4.78 is 38.3. The average molecular weight is 718 g/mol. The van der Waals surface area contributed by atoms with Crippen LogP contribution in [0.25, 0.3) is 11.1 Å². The maximum absolute atomic E-state index is 13.5. The SMILES string of the molecule is O=C(NCCS(=O)(=O)O)c1cccc(Cn2cc(-c3cccc4c3C3CC3CN4C(=O)CCCOc3cc(Cl)c(Cl)cc3Cl)cn2)c1. The number of carbonyl (C=O) groups excluding carboxylic acids is 2. The van der Waals surface area contributed by atoms with E-state index in [1.165, 1.54) is 11.6 Å². The molecule has 14 heteroatoms. The van der Waals surface area contributed by atoms with E-state index in [2.05, 4.69) is 16.5 Å². The Balaban J connectivity index is 1.11. The van der Waals surface area contributed by atoms with E-state index in [-0.39, 0.29) is 12.5 Å². The highest BCUT2D eigenvalue weighted by molar-refractivity contribution is 7.85. The van der Waals surface area contributed by atoms with Gasteiger partial charge in [-0.3, -0.25) is 18.8 Å². The number of hydrogen-bond acceptors (Lipinski definition) is 6. The molecular formula is C33H31Cl3N4O6S. The van der Waals surface area contributed by atoms with Gasteiger partial charge in [-0.05, 0) is 65.6 Å². The maximum Gasteiger partial charge on any atom is 0.266 e. The fraction of sp³-hybridized carbons (Fsp3) is 0.303. The van der Waals surface area contributed by atoms with E-state index in [0.717, 1.165) is 28.8 Å². The first-order valence-electron chi connectivity index (χ1n) is 15.0. The number of benzene rings is 3. The second-order valence-corrected chi connectivity index (χ2v) is 14.5. The van der Waals surface area contributed by atoms with Gasteiger partial charge in [-0.25, -0.2) is 0 Å². The third-order valence-electron chi connectivity index (χ3n) is 8.28. The monoisotopic (exact) mass is 716 g/mol. The van der Waals surface area contributed by atoms with Crippen LogP contribution in [0.3, 0.4) is 0 Å². The van der Waals surface area contributed by atoms with Crippen molar-refractivity contribution in [3.05, 3.63) is 98.7 Å². The van der Waals surface area contributed by atoms with E-state index in [9.17, 15) is 18.0 Å². The summed E-state index contributed by atoms with van der Waals surface area (Å²) in [4.78, 5) is 27.8. The van der Waals surface area contributed by atoms with Crippen LogP contribution in [0.2, 0.25) is 15.1 Å². The zero-order valence-corrected chi connectivity index (χ0v) is 28.1. The van der Waals surface area contributed by atoms with E-state index >= 15 is 0 Å². The summed E-state index contributed by atoms with van der Waals surface area (Å²) >= 11 is 18.3. The zero-order chi connectivity index (χ0) is 33.3. The van der Waals surface area contributed by atoms with Gasteiger partial charge in [-0.2, -0.15) is 13.5 Å². The second-order valence-electron chi connectivity index (χ2n) is 11.7. The number of halogens is 3. The van der Waals surface area contributed by atoms with Crippen molar-refractivity contribution in [3.8, 4) is 16.9 Å². The first-order chi connectivity index (χ1) is 22.5. The van der Waals surface area contributed by atoms with Crippen molar-refractivity contribution >= 4 is 62.4 Å². The summed E-state index contributed by atoms with van der Waals surface area (Å²) in [6.45, 7) is 1.21. The lowest BCUT2D eigenvalue weighted by Gasteiger charge is -2.30. The van der Waals surface area contributed by atoms with Gasteiger partial charge >= 0.3 is 0 Å². The Hall–Kier alpha value is -3.61. The largest absolute Gasteiger partial charge is 0.492 e. The summed E-state index contributed by atoms with van der Waals surface area (Å²) in [5, 5.41) is 8.13. The molecule has 1 aliphatic heterocycles. The molecule has 0 radical (unpaired) electrons. The van der Waals surface area contributed by atoms with Crippen LogP contribution in [-0.2, 0) is 21.5 Å². The molecule has 246 valence electrons. The number of ether oxygens (including phenoxy) is 1. The van der Waals surface area contributed by atoms with Gasteiger partial charge in [0.25, 0.3) is 16.0 Å². The molecule has 2 heterocycles. The van der Waals surface area contributed by atoms with Crippen LogP contribution in [0.1, 0.15) is 46.7 Å². The predicted molar refractivity (Wildman–Crippen MR) is 181 cm³/mol. The van der Waals surface area contributed by atoms with Gasteiger partial charge in [-0.1, -0.05) is 59.1 Å². The minimum atomic E-state index is -4.16. The molecule has 47 heavy (non-hydrogen) atoms. The molecule has 1 aliphatic carbocycles. The van der Waals surface area contributed by atoms with Gasteiger partial charge in [0.1, 0.15) is 5.75 Å². The number of carbonyl (C=O) groups is 2. The molecule has 2 atom stereocenters. The van der Waals surface area contributed by atoms with Crippen LogP contribution >= 0.6 is 34.8 Å².